The van der Waals surface area contributed by atoms with Gasteiger partial charge in [0.15, 0.2) is 28.2 Å². The van der Waals surface area contributed by atoms with Crippen LogP contribution in [0.4, 0.5) is 32.0 Å². The summed E-state index contributed by atoms with van der Waals surface area (Å²) in [5, 5.41) is 8.88. The fourth-order valence-electron chi connectivity index (χ4n) is 5.59. The van der Waals surface area contributed by atoms with Gasteiger partial charge in [-0.2, -0.15) is 4.31 Å². The molecule has 2 fully saturated rings. The Bertz CT molecular complexity index is 1720. The highest BCUT2D eigenvalue weighted by atomic mass is 32.2. The molecule has 5 rings (SSSR count). The molecule has 9 nitrogen and oxygen atoms in total. The van der Waals surface area contributed by atoms with E-state index in [0.29, 0.717) is 12.0 Å². The molecular weight excluding hydrogens is 630 g/mol. The van der Waals surface area contributed by atoms with E-state index < -0.39 is 86.5 Å². The lowest BCUT2D eigenvalue weighted by molar-refractivity contribution is -0.125. The van der Waals surface area contributed by atoms with Gasteiger partial charge < -0.3 is 4.90 Å². The van der Waals surface area contributed by atoms with Crippen LogP contribution in [0, 0.1) is 34.9 Å². The maximum Gasteiger partial charge on any atom is 0.274 e. The molecule has 2 aliphatic rings. The molecule has 2 amide bonds. The summed E-state index contributed by atoms with van der Waals surface area (Å²) in [6.45, 7) is -0.933. The van der Waals surface area contributed by atoms with E-state index in [1.54, 1.807) is 12.3 Å². The first kappa shape index (κ1) is 32.4. The van der Waals surface area contributed by atoms with Gasteiger partial charge in [0.1, 0.15) is 11.9 Å². The van der Waals surface area contributed by atoms with E-state index >= 15 is 4.39 Å². The second kappa shape index (κ2) is 12.8. The number of hydrogen-bond donors (Lipinski definition) is 2. The number of halogens is 6. The Balaban J connectivity index is 1.49. The van der Waals surface area contributed by atoms with Gasteiger partial charge in [-0.3, -0.25) is 19.8 Å². The monoisotopic (exact) mass is 656 g/mol. The molecule has 1 saturated carbocycles. The number of hydroxylamine groups is 1. The maximum absolute atomic E-state index is 15.4. The summed E-state index contributed by atoms with van der Waals surface area (Å²) >= 11 is 0. The number of carbonyl (C=O) groups excluding carboxylic acids is 2. The van der Waals surface area contributed by atoms with E-state index in [-0.39, 0.29) is 22.0 Å². The van der Waals surface area contributed by atoms with E-state index in [2.05, 4.69) is 4.98 Å². The third-order valence-corrected chi connectivity index (χ3v) is 10.0. The highest BCUT2D eigenvalue weighted by Crippen LogP contribution is 2.36. The van der Waals surface area contributed by atoms with Crippen LogP contribution in [0.3, 0.4) is 0 Å². The second-order valence-electron chi connectivity index (χ2n) is 10.8. The van der Waals surface area contributed by atoms with Crippen LogP contribution in [0.15, 0.2) is 41.4 Å². The molecule has 2 heterocycles. The summed E-state index contributed by atoms with van der Waals surface area (Å²) in [5.41, 5.74) is 1.81. The lowest BCUT2D eigenvalue weighted by Crippen LogP contribution is -2.59. The minimum Gasteiger partial charge on any atom is -0.302 e. The van der Waals surface area contributed by atoms with Crippen LogP contribution >= 0.6 is 0 Å². The van der Waals surface area contributed by atoms with Crippen molar-refractivity contribution in [2.45, 2.75) is 61.9 Å². The molecule has 1 aromatic heterocycles. The van der Waals surface area contributed by atoms with Gasteiger partial charge >= 0.3 is 0 Å². The number of rotatable bonds is 8. The highest BCUT2D eigenvalue weighted by Gasteiger charge is 2.48. The van der Waals surface area contributed by atoms with Gasteiger partial charge in [0, 0.05) is 18.3 Å². The average Bonchev–Trinajstić information content (AvgIpc) is 3.01. The molecule has 0 bridgehead atoms. The fourth-order valence-corrected chi connectivity index (χ4v) is 7.33. The van der Waals surface area contributed by atoms with E-state index in [9.17, 15) is 40.0 Å². The van der Waals surface area contributed by atoms with Gasteiger partial charge in [0.2, 0.25) is 21.7 Å². The molecule has 45 heavy (non-hydrogen) atoms. The van der Waals surface area contributed by atoms with Gasteiger partial charge in [-0.05, 0) is 55.0 Å². The van der Waals surface area contributed by atoms with Gasteiger partial charge in [0.25, 0.3) is 5.91 Å². The molecule has 3 aromatic rings. The SMILES string of the molecule is O=C(NO)c1ccc(N(Cc2ccc(C3CCCCC3)cn2)C(=O)C2CCN2S(=O)(=O)c2c(F)c(F)c(F)c(F)c2F)c(F)c1. The zero-order chi connectivity index (χ0) is 32.6. The summed E-state index contributed by atoms with van der Waals surface area (Å²) in [6, 6.07) is 4.52. The summed E-state index contributed by atoms with van der Waals surface area (Å²) in [7, 11) is -5.46. The lowest BCUT2D eigenvalue weighted by atomic mass is 9.85. The van der Waals surface area contributed by atoms with Crippen molar-refractivity contribution in [1.29, 1.82) is 0 Å². The summed E-state index contributed by atoms with van der Waals surface area (Å²) in [4.78, 5) is 28.7. The number of nitrogens with zero attached hydrogens (tertiary/aromatic N) is 3. The van der Waals surface area contributed by atoms with Crippen LogP contribution < -0.4 is 10.4 Å². The quantitative estimate of drug-likeness (QED) is 0.115. The first-order chi connectivity index (χ1) is 21.4. The molecule has 1 atom stereocenters. The Labute approximate surface area is 253 Å². The van der Waals surface area contributed by atoms with Crippen LogP contribution in [-0.4, -0.2) is 47.3 Å². The third-order valence-electron chi connectivity index (χ3n) is 8.10. The van der Waals surface area contributed by atoms with Crippen molar-refractivity contribution in [2.24, 2.45) is 0 Å². The number of amides is 2. The minimum atomic E-state index is -5.46. The standard InChI is InChI=1S/C29H26F6N4O5S/c30-19-12-16(28(40)37-42)7-9-20(19)38(14-18-8-6-17(13-36-18)15-4-2-1-3-5-15)29(41)21-10-11-39(21)45(43,44)27-25(34)23(32)22(31)24(33)26(27)35/h6-9,12-13,15,21,42H,1-5,10-11,14H2,(H,37,40). The van der Waals surface area contributed by atoms with Crippen LogP contribution in [0.1, 0.15) is 66.1 Å². The van der Waals surface area contributed by atoms with Crippen LogP contribution in [0.2, 0.25) is 0 Å². The normalized spacial score (nSPS) is 17.5. The number of benzene rings is 2. The molecule has 0 radical (unpaired) electrons. The Hall–Kier alpha value is -4.02. The highest BCUT2D eigenvalue weighted by molar-refractivity contribution is 7.89. The van der Waals surface area contributed by atoms with Crippen molar-refractivity contribution in [2.75, 3.05) is 11.4 Å². The third kappa shape index (κ3) is 6.01. The first-order valence-corrected chi connectivity index (χ1v) is 15.3. The smallest absolute Gasteiger partial charge is 0.274 e. The summed E-state index contributed by atoms with van der Waals surface area (Å²) in [6.07, 6.45) is 6.65. The van der Waals surface area contributed by atoms with E-state index in [0.717, 1.165) is 54.7 Å². The number of aromatic nitrogens is 1. The topological polar surface area (TPSA) is 120 Å². The van der Waals surface area contributed by atoms with Crippen LogP contribution in [0.25, 0.3) is 0 Å². The molecule has 0 spiro atoms. The molecule has 2 N–H and O–H groups in total. The zero-order valence-electron chi connectivity index (χ0n) is 23.4. The predicted molar refractivity (Wildman–Crippen MR) is 145 cm³/mol. The molecule has 1 unspecified atom stereocenters. The molecule has 1 aliphatic heterocycles. The van der Waals surface area contributed by atoms with Gasteiger partial charge in [-0.1, -0.05) is 25.3 Å². The number of hydrogen-bond acceptors (Lipinski definition) is 6. The van der Waals surface area contributed by atoms with Crippen molar-refractivity contribution in [3.05, 3.63) is 88.3 Å². The van der Waals surface area contributed by atoms with Gasteiger partial charge in [-0.25, -0.2) is 40.2 Å². The van der Waals surface area contributed by atoms with E-state index in [1.807, 2.05) is 6.07 Å². The van der Waals surface area contributed by atoms with E-state index in [1.165, 1.54) is 5.48 Å². The van der Waals surface area contributed by atoms with Crippen molar-refractivity contribution < 1.29 is 49.6 Å². The summed E-state index contributed by atoms with van der Waals surface area (Å²) < 4.78 is 112. The molecule has 240 valence electrons. The van der Waals surface area contributed by atoms with Gasteiger partial charge in [0.05, 0.1) is 17.9 Å². The molecule has 1 aliphatic carbocycles. The number of sulfonamides is 1. The Morgan fingerprint density at radius 3 is 2.09 bits per heavy atom. The van der Waals surface area contributed by atoms with Crippen LogP contribution in [0.5, 0.6) is 0 Å². The fraction of sp³-hybridized carbons (Fsp3) is 0.345. The average molecular weight is 657 g/mol. The predicted octanol–water partition coefficient (Wildman–Crippen LogP) is 5.08. The number of carbonyl (C=O) groups is 2. The van der Waals surface area contributed by atoms with E-state index in [4.69, 9.17) is 5.21 Å². The first-order valence-electron chi connectivity index (χ1n) is 13.9. The van der Waals surface area contributed by atoms with Gasteiger partial charge in [-0.15, -0.1) is 0 Å². The maximum atomic E-state index is 15.4. The lowest BCUT2D eigenvalue weighted by Gasteiger charge is -2.41. The number of nitrogens with one attached hydrogen (secondary N) is 1. The Kier molecular flexibility index (Phi) is 9.19. The molecule has 1 saturated heterocycles. The molecule has 16 heteroatoms. The second-order valence-corrected chi connectivity index (χ2v) is 12.6. The minimum absolute atomic E-state index is 0.232. The number of pyridine rings is 1. The van der Waals surface area contributed by atoms with Crippen LogP contribution in [-0.2, 0) is 21.4 Å². The number of anilines is 1. The van der Waals surface area contributed by atoms with Crippen molar-refractivity contribution in [3.63, 3.8) is 0 Å². The Morgan fingerprint density at radius 1 is 0.911 bits per heavy atom. The Morgan fingerprint density at radius 2 is 1.56 bits per heavy atom. The zero-order valence-corrected chi connectivity index (χ0v) is 24.2. The van der Waals surface area contributed by atoms with Crippen molar-refractivity contribution >= 4 is 27.5 Å². The summed E-state index contributed by atoms with van der Waals surface area (Å²) in [5.74, 6) is -15.7. The van der Waals surface area contributed by atoms with Crippen molar-refractivity contribution in [1.82, 2.24) is 14.8 Å². The molecular formula is C29H26F6N4O5S. The molecule has 2 aromatic carbocycles. The van der Waals surface area contributed by atoms with Crippen molar-refractivity contribution in [3.8, 4) is 0 Å². The largest absolute Gasteiger partial charge is 0.302 e.